The van der Waals surface area contributed by atoms with E-state index in [0.717, 1.165) is 17.4 Å². The first-order chi connectivity index (χ1) is 12.4. The second-order valence-corrected chi connectivity index (χ2v) is 8.17. The summed E-state index contributed by atoms with van der Waals surface area (Å²) in [6.07, 6.45) is 1.05. The van der Waals surface area contributed by atoms with E-state index in [1.54, 1.807) is 12.1 Å². The van der Waals surface area contributed by atoms with E-state index in [0.29, 0.717) is 5.69 Å². The number of rotatable bonds is 4. The molecule has 1 N–H and O–H groups in total. The van der Waals surface area contributed by atoms with Gasteiger partial charge in [0.1, 0.15) is 0 Å². The minimum atomic E-state index is -3.58. The van der Waals surface area contributed by atoms with Crippen molar-refractivity contribution in [2.24, 2.45) is 0 Å². The van der Waals surface area contributed by atoms with Crippen LogP contribution in [0.4, 0.5) is 5.69 Å². The van der Waals surface area contributed by atoms with Crippen molar-refractivity contribution in [1.82, 2.24) is 0 Å². The maximum atomic E-state index is 12.6. The Balaban J connectivity index is 1.88. The van der Waals surface area contributed by atoms with Gasteiger partial charge < -0.3 is 5.32 Å². The van der Waals surface area contributed by atoms with E-state index in [9.17, 15) is 13.2 Å². The maximum Gasteiger partial charge on any atom is 0.258 e. The first-order valence-corrected chi connectivity index (χ1v) is 10.1. The quantitative estimate of drug-likeness (QED) is 0.710. The van der Waals surface area contributed by atoms with E-state index in [-0.39, 0.29) is 15.5 Å². The van der Waals surface area contributed by atoms with Crippen LogP contribution in [0.2, 0.25) is 5.02 Å². The van der Waals surface area contributed by atoms with Crippen LogP contribution in [0.5, 0.6) is 0 Å². The van der Waals surface area contributed by atoms with Crippen molar-refractivity contribution in [2.75, 3.05) is 11.6 Å². The molecule has 0 atom stereocenters. The zero-order valence-corrected chi connectivity index (χ0v) is 15.5. The van der Waals surface area contributed by atoms with Gasteiger partial charge in [0.05, 0.1) is 15.5 Å². The van der Waals surface area contributed by atoms with Crippen molar-refractivity contribution in [3.8, 4) is 11.1 Å². The summed E-state index contributed by atoms with van der Waals surface area (Å²) in [5, 5.41) is 2.79. The molecule has 0 aromatic heterocycles. The predicted octanol–water partition coefficient (Wildman–Crippen LogP) is 4.66. The van der Waals surface area contributed by atoms with Crippen molar-refractivity contribution in [2.45, 2.75) is 4.90 Å². The fourth-order valence-corrected chi connectivity index (χ4v) is 3.82. The predicted molar refractivity (Wildman–Crippen MR) is 104 cm³/mol. The summed E-state index contributed by atoms with van der Waals surface area (Å²) in [6.45, 7) is 0. The van der Waals surface area contributed by atoms with Gasteiger partial charge in [-0.05, 0) is 35.4 Å². The lowest BCUT2D eigenvalue weighted by molar-refractivity contribution is 0.102. The van der Waals surface area contributed by atoms with E-state index in [1.807, 2.05) is 42.5 Å². The highest BCUT2D eigenvalue weighted by molar-refractivity contribution is 7.90. The lowest BCUT2D eigenvalue weighted by atomic mass is 10.1. The molecule has 4 nitrogen and oxygen atoms in total. The van der Waals surface area contributed by atoms with Gasteiger partial charge in [-0.3, -0.25) is 4.79 Å². The van der Waals surface area contributed by atoms with Gasteiger partial charge in [0, 0.05) is 11.9 Å². The van der Waals surface area contributed by atoms with Gasteiger partial charge in [0.2, 0.25) is 0 Å². The van der Waals surface area contributed by atoms with Crippen LogP contribution in [-0.4, -0.2) is 20.6 Å². The first-order valence-electron chi connectivity index (χ1n) is 7.81. The standard InChI is InChI=1S/C20H16ClNO3S/c1-26(24,25)18-9-5-8-17(21)19(18)20(23)22-16-12-10-15(11-13-16)14-6-3-2-4-7-14/h2-13H,1H3,(H,22,23). The lowest BCUT2D eigenvalue weighted by Crippen LogP contribution is -2.16. The van der Waals surface area contributed by atoms with E-state index in [2.05, 4.69) is 5.32 Å². The molecular weight excluding hydrogens is 370 g/mol. The number of carbonyl (C=O) groups is 1. The number of amides is 1. The molecule has 0 heterocycles. The molecular formula is C20H16ClNO3S. The normalized spacial score (nSPS) is 11.2. The molecule has 0 aliphatic heterocycles. The lowest BCUT2D eigenvalue weighted by Gasteiger charge is -2.11. The van der Waals surface area contributed by atoms with E-state index >= 15 is 0 Å². The number of nitrogens with one attached hydrogen (secondary N) is 1. The SMILES string of the molecule is CS(=O)(=O)c1cccc(Cl)c1C(=O)Nc1ccc(-c2ccccc2)cc1. The van der Waals surface area contributed by atoms with Crippen molar-refractivity contribution in [3.05, 3.63) is 83.4 Å². The van der Waals surface area contributed by atoms with Crippen LogP contribution >= 0.6 is 11.6 Å². The second kappa shape index (κ2) is 7.32. The van der Waals surface area contributed by atoms with Crippen LogP contribution in [0.25, 0.3) is 11.1 Å². The van der Waals surface area contributed by atoms with Gasteiger partial charge in [0.15, 0.2) is 9.84 Å². The Bertz CT molecular complexity index is 1050. The maximum absolute atomic E-state index is 12.6. The number of carbonyl (C=O) groups excluding carboxylic acids is 1. The Labute approximate surface area is 157 Å². The summed E-state index contributed by atoms with van der Waals surface area (Å²) in [4.78, 5) is 12.5. The summed E-state index contributed by atoms with van der Waals surface area (Å²) in [7, 11) is -3.58. The number of anilines is 1. The van der Waals surface area contributed by atoms with Gasteiger partial charge in [-0.25, -0.2) is 8.42 Å². The molecule has 0 saturated heterocycles. The smallest absolute Gasteiger partial charge is 0.258 e. The van der Waals surface area contributed by atoms with Crippen molar-refractivity contribution >= 4 is 33.0 Å². The molecule has 0 spiro atoms. The number of halogens is 1. The second-order valence-electron chi connectivity index (χ2n) is 5.78. The van der Waals surface area contributed by atoms with Crippen molar-refractivity contribution < 1.29 is 13.2 Å². The highest BCUT2D eigenvalue weighted by atomic mass is 35.5. The van der Waals surface area contributed by atoms with Crippen LogP contribution in [0, 0.1) is 0 Å². The Hall–Kier alpha value is -2.63. The third-order valence-corrected chi connectivity index (χ3v) is 5.31. The summed E-state index contributed by atoms with van der Waals surface area (Å²) in [6, 6.07) is 21.5. The van der Waals surface area contributed by atoms with Crippen LogP contribution in [0.1, 0.15) is 10.4 Å². The number of hydrogen-bond donors (Lipinski definition) is 1. The van der Waals surface area contributed by atoms with E-state index in [1.165, 1.54) is 18.2 Å². The summed E-state index contributed by atoms with van der Waals surface area (Å²) in [5.41, 5.74) is 2.58. The molecule has 132 valence electrons. The van der Waals surface area contributed by atoms with E-state index in [4.69, 9.17) is 11.6 Å². The fourth-order valence-electron chi connectivity index (χ4n) is 2.60. The molecule has 3 aromatic carbocycles. The van der Waals surface area contributed by atoms with Gasteiger partial charge in [-0.15, -0.1) is 0 Å². The van der Waals surface area contributed by atoms with E-state index < -0.39 is 15.7 Å². The fraction of sp³-hybridized carbons (Fsp3) is 0.0500. The Morgan fingerprint density at radius 1 is 0.846 bits per heavy atom. The number of hydrogen-bond acceptors (Lipinski definition) is 3. The number of benzene rings is 3. The highest BCUT2D eigenvalue weighted by Gasteiger charge is 2.21. The monoisotopic (exact) mass is 385 g/mol. The Kier molecular flexibility index (Phi) is 5.11. The molecule has 6 heteroatoms. The van der Waals surface area contributed by atoms with Gasteiger partial charge >= 0.3 is 0 Å². The largest absolute Gasteiger partial charge is 0.322 e. The Morgan fingerprint density at radius 2 is 1.46 bits per heavy atom. The minimum Gasteiger partial charge on any atom is -0.322 e. The van der Waals surface area contributed by atoms with Crippen LogP contribution in [0.3, 0.4) is 0 Å². The first kappa shape index (κ1) is 18.2. The molecule has 1 amide bonds. The molecule has 0 radical (unpaired) electrons. The topological polar surface area (TPSA) is 63.2 Å². The van der Waals surface area contributed by atoms with Crippen molar-refractivity contribution in [1.29, 1.82) is 0 Å². The molecule has 0 aliphatic rings. The molecule has 0 unspecified atom stereocenters. The third-order valence-electron chi connectivity index (χ3n) is 3.85. The zero-order chi connectivity index (χ0) is 18.7. The average molecular weight is 386 g/mol. The van der Waals surface area contributed by atoms with Gasteiger partial charge in [-0.2, -0.15) is 0 Å². The third kappa shape index (κ3) is 3.95. The molecule has 26 heavy (non-hydrogen) atoms. The average Bonchev–Trinajstić information content (AvgIpc) is 2.62. The van der Waals surface area contributed by atoms with Crippen LogP contribution in [0.15, 0.2) is 77.7 Å². The van der Waals surface area contributed by atoms with Crippen LogP contribution < -0.4 is 5.32 Å². The molecule has 3 rings (SSSR count). The molecule has 0 bridgehead atoms. The van der Waals surface area contributed by atoms with Gasteiger partial charge in [0.25, 0.3) is 5.91 Å². The van der Waals surface area contributed by atoms with Gasteiger partial charge in [-0.1, -0.05) is 60.1 Å². The van der Waals surface area contributed by atoms with Crippen molar-refractivity contribution in [3.63, 3.8) is 0 Å². The molecule has 0 fully saturated rings. The molecule has 3 aromatic rings. The zero-order valence-electron chi connectivity index (χ0n) is 13.9. The number of sulfone groups is 1. The van der Waals surface area contributed by atoms with Crippen LogP contribution in [-0.2, 0) is 9.84 Å². The minimum absolute atomic E-state index is 0.0520. The summed E-state index contributed by atoms with van der Waals surface area (Å²) in [5.74, 6) is -0.566. The Morgan fingerprint density at radius 3 is 2.08 bits per heavy atom. The molecule has 0 aliphatic carbocycles. The summed E-state index contributed by atoms with van der Waals surface area (Å²) >= 11 is 6.08. The summed E-state index contributed by atoms with van der Waals surface area (Å²) < 4.78 is 23.9. The highest BCUT2D eigenvalue weighted by Crippen LogP contribution is 2.26. The molecule has 0 saturated carbocycles.